The number of carbonyl (C=O) groups is 2. The standard InChI is InChI=1S/C15H24O8/c1-5-8(4)14(20)21-6-9-10(16)11(17)12(18)15(22-9)23-13(19)7(2)3/h5,7,9-12,15-18H,6H2,1-4H3/b8-5+/t9-,10-,11+,12-,15+/m1/s1. The van der Waals surface area contributed by atoms with E-state index in [1.165, 1.54) is 0 Å². The molecule has 1 aliphatic heterocycles. The average molecular weight is 332 g/mol. The summed E-state index contributed by atoms with van der Waals surface area (Å²) in [6, 6.07) is 0. The van der Waals surface area contributed by atoms with Gasteiger partial charge in [0.2, 0.25) is 6.29 Å². The predicted octanol–water partition coefficient (Wildman–Crippen LogP) is -0.497. The molecule has 23 heavy (non-hydrogen) atoms. The van der Waals surface area contributed by atoms with E-state index < -0.39 is 48.6 Å². The van der Waals surface area contributed by atoms with Crippen LogP contribution in [0.5, 0.6) is 0 Å². The minimum atomic E-state index is -1.60. The molecule has 8 nitrogen and oxygen atoms in total. The molecule has 1 fully saturated rings. The zero-order valence-electron chi connectivity index (χ0n) is 13.6. The maximum Gasteiger partial charge on any atom is 0.333 e. The summed E-state index contributed by atoms with van der Waals surface area (Å²) in [6.45, 7) is 6.07. The summed E-state index contributed by atoms with van der Waals surface area (Å²) in [4.78, 5) is 23.2. The van der Waals surface area contributed by atoms with E-state index in [1.54, 1.807) is 33.8 Å². The van der Waals surface area contributed by atoms with Gasteiger partial charge in [0.1, 0.15) is 31.0 Å². The second-order valence-electron chi connectivity index (χ2n) is 5.68. The summed E-state index contributed by atoms with van der Waals surface area (Å²) < 4.78 is 15.2. The lowest BCUT2D eigenvalue weighted by atomic mass is 9.99. The summed E-state index contributed by atoms with van der Waals surface area (Å²) in [5.74, 6) is -1.68. The van der Waals surface area contributed by atoms with Gasteiger partial charge in [0.05, 0.1) is 5.92 Å². The second-order valence-corrected chi connectivity index (χ2v) is 5.68. The number of hydrogen-bond acceptors (Lipinski definition) is 8. The molecule has 0 aromatic carbocycles. The highest BCUT2D eigenvalue weighted by Gasteiger charge is 2.46. The van der Waals surface area contributed by atoms with Gasteiger partial charge in [0.15, 0.2) is 0 Å². The molecule has 3 N–H and O–H groups in total. The van der Waals surface area contributed by atoms with Gasteiger partial charge in [0, 0.05) is 5.57 Å². The maximum atomic E-state index is 11.6. The molecule has 0 radical (unpaired) electrons. The van der Waals surface area contributed by atoms with E-state index in [4.69, 9.17) is 14.2 Å². The molecule has 0 aromatic rings. The molecule has 1 heterocycles. The van der Waals surface area contributed by atoms with Crippen molar-refractivity contribution in [2.45, 2.75) is 58.4 Å². The third kappa shape index (κ3) is 5.00. The lowest BCUT2D eigenvalue weighted by Crippen LogP contribution is -2.59. The summed E-state index contributed by atoms with van der Waals surface area (Å²) in [6.07, 6.45) is -5.71. The Balaban J connectivity index is 2.72. The van der Waals surface area contributed by atoms with Gasteiger partial charge >= 0.3 is 11.9 Å². The maximum absolute atomic E-state index is 11.6. The molecule has 1 aliphatic rings. The molecule has 1 rings (SSSR count). The molecule has 0 amide bonds. The largest absolute Gasteiger partial charge is 0.459 e. The molecule has 0 spiro atoms. The van der Waals surface area contributed by atoms with Crippen molar-refractivity contribution >= 4 is 11.9 Å². The van der Waals surface area contributed by atoms with Crippen LogP contribution in [0.25, 0.3) is 0 Å². The van der Waals surface area contributed by atoms with Crippen molar-refractivity contribution in [3.05, 3.63) is 11.6 Å². The molecule has 132 valence electrons. The monoisotopic (exact) mass is 332 g/mol. The number of hydrogen-bond donors (Lipinski definition) is 3. The number of aliphatic hydroxyl groups is 3. The van der Waals surface area contributed by atoms with Gasteiger partial charge < -0.3 is 29.5 Å². The average Bonchev–Trinajstić information content (AvgIpc) is 2.52. The first-order valence-corrected chi connectivity index (χ1v) is 7.39. The molecule has 8 heteroatoms. The molecule has 0 bridgehead atoms. The quantitative estimate of drug-likeness (QED) is 0.455. The van der Waals surface area contributed by atoms with Gasteiger partial charge in [-0.25, -0.2) is 4.79 Å². The van der Waals surface area contributed by atoms with Crippen LogP contribution in [0, 0.1) is 5.92 Å². The van der Waals surface area contributed by atoms with Crippen molar-refractivity contribution in [2.75, 3.05) is 6.61 Å². The second kappa shape index (κ2) is 8.39. The zero-order valence-corrected chi connectivity index (χ0v) is 13.6. The van der Waals surface area contributed by atoms with Gasteiger partial charge in [0.25, 0.3) is 0 Å². The van der Waals surface area contributed by atoms with Crippen molar-refractivity contribution in [1.29, 1.82) is 0 Å². The fourth-order valence-electron chi connectivity index (χ4n) is 1.79. The van der Waals surface area contributed by atoms with E-state index in [0.29, 0.717) is 5.57 Å². The van der Waals surface area contributed by atoms with E-state index >= 15 is 0 Å². The summed E-state index contributed by atoms with van der Waals surface area (Å²) in [5.41, 5.74) is 0.374. The van der Waals surface area contributed by atoms with Crippen LogP contribution in [-0.4, -0.2) is 64.6 Å². The first-order chi connectivity index (χ1) is 10.7. The SMILES string of the molecule is C/C=C(\C)C(=O)OC[C@H]1O[C@@H](OC(=O)C(C)C)[C@H](O)[C@@H](O)[C@@H]1O. The highest BCUT2D eigenvalue weighted by Crippen LogP contribution is 2.23. The van der Waals surface area contributed by atoms with E-state index in [-0.39, 0.29) is 6.61 Å². The van der Waals surface area contributed by atoms with Crippen LogP contribution < -0.4 is 0 Å². The van der Waals surface area contributed by atoms with E-state index in [9.17, 15) is 24.9 Å². The number of carbonyl (C=O) groups excluding carboxylic acids is 2. The lowest BCUT2D eigenvalue weighted by Gasteiger charge is -2.39. The third-order valence-electron chi connectivity index (χ3n) is 3.51. The highest BCUT2D eigenvalue weighted by molar-refractivity contribution is 5.87. The normalized spacial score (nSPS) is 31.8. The molecule has 0 saturated carbocycles. The molecule has 0 aromatic heterocycles. The van der Waals surface area contributed by atoms with Gasteiger partial charge in [-0.05, 0) is 13.8 Å². The summed E-state index contributed by atoms with van der Waals surface area (Å²) >= 11 is 0. The molecule has 0 unspecified atom stereocenters. The first-order valence-electron chi connectivity index (χ1n) is 7.39. The van der Waals surface area contributed by atoms with Crippen LogP contribution in [0.4, 0.5) is 0 Å². The Morgan fingerprint density at radius 1 is 1.17 bits per heavy atom. The van der Waals surface area contributed by atoms with Crippen LogP contribution in [-0.2, 0) is 23.8 Å². The number of aliphatic hydroxyl groups excluding tert-OH is 3. The number of rotatable bonds is 5. The number of allylic oxidation sites excluding steroid dienone is 1. The molecular weight excluding hydrogens is 308 g/mol. The number of esters is 2. The van der Waals surface area contributed by atoms with Crippen molar-refractivity contribution in [3.63, 3.8) is 0 Å². The van der Waals surface area contributed by atoms with Crippen LogP contribution >= 0.6 is 0 Å². The van der Waals surface area contributed by atoms with Crippen LogP contribution in [0.1, 0.15) is 27.7 Å². The van der Waals surface area contributed by atoms with E-state index in [0.717, 1.165) is 0 Å². The fraction of sp³-hybridized carbons (Fsp3) is 0.733. The Kier molecular flexibility index (Phi) is 7.14. The Morgan fingerprint density at radius 2 is 1.78 bits per heavy atom. The summed E-state index contributed by atoms with van der Waals surface area (Å²) in [7, 11) is 0. The number of ether oxygens (including phenoxy) is 3. The summed E-state index contributed by atoms with van der Waals surface area (Å²) in [5, 5.41) is 29.6. The van der Waals surface area contributed by atoms with Gasteiger partial charge in [-0.1, -0.05) is 19.9 Å². The molecule has 1 saturated heterocycles. The van der Waals surface area contributed by atoms with Gasteiger partial charge in [-0.3, -0.25) is 4.79 Å². The fourth-order valence-corrected chi connectivity index (χ4v) is 1.79. The van der Waals surface area contributed by atoms with Crippen molar-refractivity contribution < 1.29 is 39.1 Å². The highest BCUT2D eigenvalue weighted by atomic mass is 16.7. The minimum Gasteiger partial charge on any atom is -0.459 e. The van der Waals surface area contributed by atoms with Crippen LogP contribution in [0.3, 0.4) is 0 Å². The predicted molar refractivity (Wildman–Crippen MR) is 78.0 cm³/mol. The van der Waals surface area contributed by atoms with Crippen molar-refractivity contribution in [1.82, 2.24) is 0 Å². The first kappa shape index (κ1) is 19.6. The van der Waals surface area contributed by atoms with Crippen LogP contribution in [0.15, 0.2) is 11.6 Å². The smallest absolute Gasteiger partial charge is 0.333 e. The zero-order chi connectivity index (χ0) is 17.7. The van der Waals surface area contributed by atoms with Crippen LogP contribution in [0.2, 0.25) is 0 Å². The Labute approximate surface area is 134 Å². The minimum absolute atomic E-state index is 0.356. The Bertz CT molecular complexity index is 458. The molecule has 5 atom stereocenters. The van der Waals surface area contributed by atoms with Crippen molar-refractivity contribution in [2.24, 2.45) is 5.92 Å². The third-order valence-corrected chi connectivity index (χ3v) is 3.51. The van der Waals surface area contributed by atoms with Crippen molar-refractivity contribution in [3.8, 4) is 0 Å². The van der Waals surface area contributed by atoms with Gasteiger partial charge in [-0.15, -0.1) is 0 Å². The Hall–Kier alpha value is -1.48. The topological polar surface area (TPSA) is 123 Å². The Morgan fingerprint density at radius 3 is 2.30 bits per heavy atom. The molecule has 0 aliphatic carbocycles. The molecular formula is C15H24O8. The van der Waals surface area contributed by atoms with Gasteiger partial charge in [-0.2, -0.15) is 0 Å². The van der Waals surface area contributed by atoms with E-state index in [1.807, 2.05) is 0 Å². The lowest BCUT2D eigenvalue weighted by molar-refractivity contribution is -0.294. The van der Waals surface area contributed by atoms with E-state index in [2.05, 4.69) is 0 Å².